The summed E-state index contributed by atoms with van der Waals surface area (Å²) in [5.74, 6) is 0.563. The molecule has 0 aliphatic carbocycles. The van der Waals surface area contributed by atoms with Crippen LogP contribution < -0.4 is 15.4 Å². The molecule has 0 radical (unpaired) electrons. The Balaban J connectivity index is 0.00000392. The number of thiazole rings is 1. The summed E-state index contributed by atoms with van der Waals surface area (Å²) >= 11 is 1.71. The molecule has 0 spiro atoms. The van der Waals surface area contributed by atoms with Crippen molar-refractivity contribution in [3.8, 4) is 5.88 Å². The molecule has 2 aromatic rings. The Kier molecular flexibility index (Phi) is 10.5. The third-order valence-corrected chi connectivity index (χ3v) is 4.65. The average Bonchev–Trinajstić information content (AvgIpc) is 3.11. The third kappa shape index (κ3) is 9.04. The first-order chi connectivity index (χ1) is 12.9. The monoisotopic (exact) mass is 529 g/mol. The number of hydrogen-bond donors (Lipinski definition) is 2. The maximum atomic E-state index is 12.1. The predicted molar refractivity (Wildman–Crippen MR) is 115 cm³/mol. The summed E-state index contributed by atoms with van der Waals surface area (Å²) in [5, 5.41) is 7.40. The van der Waals surface area contributed by atoms with Crippen molar-refractivity contribution >= 4 is 41.3 Å². The smallest absolute Gasteiger partial charge is 0.422 e. The Morgan fingerprint density at radius 1 is 1.21 bits per heavy atom. The lowest BCUT2D eigenvalue weighted by Gasteiger charge is -2.12. The highest BCUT2D eigenvalue weighted by atomic mass is 127. The van der Waals surface area contributed by atoms with E-state index in [1.165, 1.54) is 17.1 Å². The molecule has 2 heterocycles. The molecule has 28 heavy (non-hydrogen) atoms. The summed E-state index contributed by atoms with van der Waals surface area (Å²) in [4.78, 5) is 13.6. The number of guanidine groups is 1. The number of ether oxygens (including phenoxy) is 1. The number of aryl methyl sites for hydroxylation is 1. The Hall–Kier alpha value is -1.63. The van der Waals surface area contributed by atoms with E-state index in [9.17, 15) is 13.2 Å². The minimum atomic E-state index is -4.38. The van der Waals surface area contributed by atoms with E-state index in [0.717, 1.165) is 23.4 Å². The number of aliphatic imine (C=N–C) groups is 1. The van der Waals surface area contributed by atoms with E-state index in [2.05, 4.69) is 37.3 Å². The lowest BCUT2D eigenvalue weighted by molar-refractivity contribution is -0.154. The van der Waals surface area contributed by atoms with E-state index in [1.54, 1.807) is 24.5 Å². The summed E-state index contributed by atoms with van der Waals surface area (Å²) in [6.07, 6.45) is 0.785. The highest BCUT2D eigenvalue weighted by Crippen LogP contribution is 2.17. The van der Waals surface area contributed by atoms with Gasteiger partial charge in [-0.05, 0) is 12.0 Å². The number of nitrogens with one attached hydrogen (secondary N) is 2. The van der Waals surface area contributed by atoms with E-state index >= 15 is 0 Å². The van der Waals surface area contributed by atoms with Crippen LogP contribution >= 0.6 is 35.3 Å². The highest BCUT2D eigenvalue weighted by molar-refractivity contribution is 14.0. The lowest BCUT2D eigenvalue weighted by Crippen LogP contribution is -2.37. The van der Waals surface area contributed by atoms with Crippen LogP contribution in [0.5, 0.6) is 5.88 Å². The fraction of sp³-hybridized carbons (Fsp3) is 0.471. The van der Waals surface area contributed by atoms with Crippen LogP contribution in [0.3, 0.4) is 0 Å². The van der Waals surface area contributed by atoms with Crippen molar-refractivity contribution in [1.29, 1.82) is 0 Å². The second-order valence-corrected chi connectivity index (χ2v) is 6.78. The van der Waals surface area contributed by atoms with Crippen LogP contribution in [-0.2, 0) is 19.4 Å². The van der Waals surface area contributed by atoms with Crippen molar-refractivity contribution in [2.24, 2.45) is 4.99 Å². The zero-order valence-electron chi connectivity index (χ0n) is 15.5. The lowest BCUT2D eigenvalue weighted by atomic mass is 10.3. The fourth-order valence-corrected chi connectivity index (χ4v) is 2.94. The van der Waals surface area contributed by atoms with Gasteiger partial charge >= 0.3 is 6.18 Å². The van der Waals surface area contributed by atoms with Crippen LogP contribution in [0.2, 0.25) is 0 Å². The Bertz CT molecular complexity index is 737. The predicted octanol–water partition coefficient (Wildman–Crippen LogP) is 3.57. The van der Waals surface area contributed by atoms with Gasteiger partial charge in [-0.3, -0.25) is 4.99 Å². The van der Waals surface area contributed by atoms with E-state index in [-0.39, 0.29) is 29.9 Å². The van der Waals surface area contributed by atoms with Crippen LogP contribution in [0.15, 0.2) is 29.5 Å². The van der Waals surface area contributed by atoms with Gasteiger partial charge < -0.3 is 15.4 Å². The quantitative estimate of drug-likeness (QED) is 0.311. The molecule has 0 aliphatic rings. The minimum Gasteiger partial charge on any atom is -0.468 e. The number of alkyl halides is 3. The summed E-state index contributed by atoms with van der Waals surface area (Å²) in [5.41, 5.74) is 0.796. The summed E-state index contributed by atoms with van der Waals surface area (Å²) in [6, 6.07) is 3.06. The molecular weight excluding hydrogens is 506 g/mol. The van der Waals surface area contributed by atoms with Gasteiger partial charge in [0.1, 0.15) is 0 Å². The average molecular weight is 529 g/mol. The Morgan fingerprint density at radius 2 is 2.00 bits per heavy atom. The van der Waals surface area contributed by atoms with E-state index in [1.807, 2.05) is 6.20 Å². The maximum absolute atomic E-state index is 12.1. The van der Waals surface area contributed by atoms with Crippen LogP contribution in [0, 0.1) is 0 Å². The minimum absolute atomic E-state index is 0. The topological polar surface area (TPSA) is 71.4 Å². The molecule has 2 aromatic heterocycles. The zero-order valence-corrected chi connectivity index (χ0v) is 18.7. The summed E-state index contributed by atoms with van der Waals surface area (Å²) in [6.45, 7) is 1.88. The van der Waals surface area contributed by atoms with Crippen molar-refractivity contribution in [2.75, 3.05) is 20.2 Å². The van der Waals surface area contributed by atoms with Crippen molar-refractivity contribution < 1.29 is 17.9 Å². The first kappa shape index (κ1) is 24.4. The van der Waals surface area contributed by atoms with Gasteiger partial charge in [0.25, 0.3) is 0 Å². The van der Waals surface area contributed by atoms with Crippen molar-refractivity contribution in [3.63, 3.8) is 0 Å². The van der Waals surface area contributed by atoms with E-state index in [4.69, 9.17) is 0 Å². The number of aromatic nitrogens is 2. The van der Waals surface area contributed by atoms with Crippen molar-refractivity contribution in [2.45, 2.75) is 32.5 Å². The molecule has 0 fully saturated rings. The Morgan fingerprint density at radius 3 is 2.57 bits per heavy atom. The van der Waals surface area contributed by atoms with Crippen LogP contribution in [0.1, 0.15) is 22.4 Å². The molecule has 0 saturated carbocycles. The van der Waals surface area contributed by atoms with Crippen LogP contribution in [0.25, 0.3) is 0 Å². The van der Waals surface area contributed by atoms with Gasteiger partial charge in [-0.15, -0.1) is 35.3 Å². The molecule has 156 valence electrons. The van der Waals surface area contributed by atoms with Crippen molar-refractivity contribution in [3.05, 3.63) is 40.0 Å². The molecule has 2 rings (SSSR count). The van der Waals surface area contributed by atoms with Gasteiger partial charge in [0, 0.05) is 49.9 Å². The van der Waals surface area contributed by atoms with Gasteiger partial charge in [-0.1, -0.05) is 13.0 Å². The molecule has 2 N–H and O–H groups in total. The molecule has 0 atom stereocenters. The second-order valence-electron chi connectivity index (χ2n) is 5.58. The number of hydrogen-bond acceptors (Lipinski definition) is 5. The normalized spacial score (nSPS) is 11.7. The second kappa shape index (κ2) is 12.0. The number of nitrogens with zero attached hydrogens (tertiary/aromatic N) is 3. The van der Waals surface area contributed by atoms with Crippen molar-refractivity contribution in [1.82, 2.24) is 20.6 Å². The van der Waals surface area contributed by atoms with Gasteiger partial charge in [-0.25, -0.2) is 9.97 Å². The first-order valence-electron chi connectivity index (χ1n) is 8.42. The molecule has 0 aliphatic heterocycles. The molecule has 0 saturated heterocycles. The standard InChI is InChI=1S/C17H22F3N5OS.HI/c1-3-13-10-24-15(27-13)6-7-22-16(21-2)25-9-12-4-5-14(23-8-12)26-11-17(18,19)20;/h4-5,8,10H,3,6-7,9,11H2,1-2H3,(H2,21,22,25);1H. The number of pyridine rings is 1. The van der Waals surface area contributed by atoms with Gasteiger partial charge in [-0.2, -0.15) is 13.2 Å². The molecular formula is C17H23F3IN5OS. The molecule has 0 amide bonds. The van der Waals surface area contributed by atoms with E-state index in [0.29, 0.717) is 19.0 Å². The molecule has 0 unspecified atom stereocenters. The largest absolute Gasteiger partial charge is 0.468 e. The molecule has 6 nitrogen and oxygen atoms in total. The van der Waals surface area contributed by atoms with Gasteiger partial charge in [0.2, 0.25) is 5.88 Å². The molecule has 0 aromatic carbocycles. The van der Waals surface area contributed by atoms with Gasteiger partial charge in [0.05, 0.1) is 5.01 Å². The fourth-order valence-electron chi connectivity index (χ4n) is 2.08. The summed E-state index contributed by atoms with van der Waals surface area (Å²) < 4.78 is 40.9. The zero-order chi connectivity index (χ0) is 19.7. The van der Waals surface area contributed by atoms with Crippen LogP contribution in [-0.4, -0.2) is 42.3 Å². The summed E-state index contributed by atoms with van der Waals surface area (Å²) in [7, 11) is 1.67. The number of halogens is 4. The maximum Gasteiger partial charge on any atom is 0.422 e. The molecule has 11 heteroatoms. The number of rotatable bonds is 8. The van der Waals surface area contributed by atoms with Gasteiger partial charge in [0.15, 0.2) is 12.6 Å². The molecule has 0 bridgehead atoms. The van der Waals surface area contributed by atoms with E-state index < -0.39 is 12.8 Å². The first-order valence-corrected chi connectivity index (χ1v) is 9.24. The Labute approximate surface area is 183 Å². The highest BCUT2D eigenvalue weighted by Gasteiger charge is 2.28. The van der Waals surface area contributed by atoms with Crippen LogP contribution in [0.4, 0.5) is 13.2 Å². The SMILES string of the molecule is CCc1cnc(CCNC(=NC)NCc2ccc(OCC(F)(F)F)nc2)s1.I. The third-order valence-electron chi connectivity index (χ3n) is 3.45.